The molecule has 56 heavy (non-hydrogen) atoms. The molecule has 6 aromatic carbocycles. The maximum atomic E-state index is 3.88. The van der Waals surface area contributed by atoms with Crippen LogP contribution >= 0.6 is 0 Å². The summed E-state index contributed by atoms with van der Waals surface area (Å²) in [6, 6.07) is 55.0. The Morgan fingerprint density at radius 1 is 0.464 bits per heavy atom. The molecule has 0 saturated heterocycles. The molecule has 0 heterocycles. The smallest absolute Gasteiger partial charge is 0.0463 e. The lowest BCUT2D eigenvalue weighted by Crippen LogP contribution is -2.09. The maximum Gasteiger partial charge on any atom is 0.0463 e. The van der Waals surface area contributed by atoms with E-state index in [1.807, 2.05) is 0 Å². The molecule has 2 nitrogen and oxygen atoms in total. The Labute approximate surface area is 331 Å². The van der Waals surface area contributed by atoms with E-state index in [2.05, 4.69) is 217 Å². The summed E-state index contributed by atoms with van der Waals surface area (Å²) in [6.45, 7) is 0. The third-order valence-corrected chi connectivity index (χ3v) is 11.2. The lowest BCUT2D eigenvalue weighted by molar-refractivity contribution is 0.853. The molecule has 2 N–H and O–H groups in total. The standard InChI is InChI=1S/C54H46N2/c1-5-16-39(17-6-1)42-28-31-49(32-29-42)55-54-33-30-45(38-52(54)43-22-11-4-12-23-43)44-24-15-25-46(34-44)51-26-13-14-27-53(51)56-50-36-47(40-18-7-2-8-19-40)35-48(37-50)41-20-9-3-10-21-41/h1-2,4-9,11-18,20-37,40,45,55-56H,3,10,19,38H2. The van der Waals surface area contributed by atoms with Crippen molar-refractivity contribution in [2.45, 2.75) is 37.5 Å². The van der Waals surface area contributed by atoms with E-state index in [-0.39, 0.29) is 5.92 Å². The van der Waals surface area contributed by atoms with Crippen LogP contribution in [0.25, 0.3) is 33.4 Å². The van der Waals surface area contributed by atoms with E-state index < -0.39 is 0 Å². The highest BCUT2D eigenvalue weighted by atomic mass is 14.9. The fourth-order valence-corrected chi connectivity index (χ4v) is 8.20. The Hall–Kier alpha value is -6.64. The van der Waals surface area contributed by atoms with Crippen LogP contribution in [-0.4, -0.2) is 0 Å². The van der Waals surface area contributed by atoms with Gasteiger partial charge in [0, 0.05) is 40.2 Å². The van der Waals surface area contributed by atoms with Crippen molar-refractivity contribution in [1.82, 2.24) is 0 Å². The zero-order valence-electron chi connectivity index (χ0n) is 31.6. The largest absolute Gasteiger partial charge is 0.355 e. The first-order valence-electron chi connectivity index (χ1n) is 19.9. The molecule has 9 rings (SSSR count). The van der Waals surface area contributed by atoms with Gasteiger partial charge in [0.15, 0.2) is 0 Å². The lowest BCUT2D eigenvalue weighted by atomic mass is 9.83. The molecule has 0 fully saturated rings. The number of para-hydroxylation sites is 1. The molecule has 2 atom stereocenters. The van der Waals surface area contributed by atoms with Crippen molar-refractivity contribution in [2.24, 2.45) is 0 Å². The van der Waals surface area contributed by atoms with Crippen LogP contribution < -0.4 is 10.6 Å². The van der Waals surface area contributed by atoms with Gasteiger partial charge in [0.05, 0.1) is 0 Å². The van der Waals surface area contributed by atoms with Gasteiger partial charge in [0.2, 0.25) is 0 Å². The molecule has 3 aliphatic carbocycles. The van der Waals surface area contributed by atoms with E-state index in [4.69, 9.17) is 0 Å². The van der Waals surface area contributed by atoms with Crippen LogP contribution in [0, 0.1) is 0 Å². The minimum Gasteiger partial charge on any atom is -0.355 e. The SMILES string of the molecule is C1=CCC(c2cc(Nc3ccccc3-c3cccc(C4C=CC(Nc5ccc(-c6ccccc6)cc5)=C(c5ccccc5)C4)c3)cc(C3=CCCC=C3)c2)C=C1. The zero-order valence-corrected chi connectivity index (χ0v) is 31.6. The van der Waals surface area contributed by atoms with E-state index in [0.29, 0.717) is 5.92 Å². The average molecular weight is 723 g/mol. The normalized spacial score (nSPS) is 17.5. The zero-order chi connectivity index (χ0) is 37.5. The van der Waals surface area contributed by atoms with Gasteiger partial charge in [0.25, 0.3) is 0 Å². The highest BCUT2D eigenvalue weighted by Gasteiger charge is 2.21. The quantitative estimate of drug-likeness (QED) is 0.147. The third kappa shape index (κ3) is 7.92. The number of hydrogen-bond acceptors (Lipinski definition) is 2. The fraction of sp³-hybridized carbons (Fsp3) is 0.111. The second-order valence-corrected chi connectivity index (χ2v) is 14.9. The fourth-order valence-electron chi connectivity index (χ4n) is 8.20. The van der Waals surface area contributed by atoms with Crippen LogP contribution in [-0.2, 0) is 0 Å². The van der Waals surface area contributed by atoms with Crippen LogP contribution in [0.4, 0.5) is 17.1 Å². The number of anilines is 3. The summed E-state index contributed by atoms with van der Waals surface area (Å²) in [4.78, 5) is 0. The number of nitrogens with one attached hydrogen (secondary N) is 2. The minimum absolute atomic E-state index is 0.241. The molecule has 0 bridgehead atoms. The van der Waals surface area contributed by atoms with Gasteiger partial charge < -0.3 is 10.6 Å². The van der Waals surface area contributed by atoms with E-state index in [0.717, 1.165) is 48.4 Å². The topological polar surface area (TPSA) is 24.1 Å². The Balaban J connectivity index is 0.994. The molecule has 3 aliphatic rings. The Morgan fingerprint density at radius 3 is 2.00 bits per heavy atom. The van der Waals surface area contributed by atoms with E-state index in [1.54, 1.807) is 0 Å². The average Bonchev–Trinajstić information content (AvgIpc) is 3.28. The first-order valence-corrected chi connectivity index (χ1v) is 19.9. The Morgan fingerprint density at radius 2 is 1.21 bits per heavy atom. The van der Waals surface area contributed by atoms with Gasteiger partial charge in [-0.3, -0.25) is 0 Å². The van der Waals surface area contributed by atoms with Gasteiger partial charge in [-0.2, -0.15) is 0 Å². The summed E-state index contributed by atoms with van der Waals surface area (Å²) in [6.07, 6.45) is 24.6. The summed E-state index contributed by atoms with van der Waals surface area (Å²) < 4.78 is 0. The van der Waals surface area contributed by atoms with Crippen molar-refractivity contribution >= 4 is 28.2 Å². The van der Waals surface area contributed by atoms with Gasteiger partial charge >= 0.3 is 0 Å². The summed E-state index contributed by atoms with van der Waals surface area (Å²) in [7, 11) is 0. The third-order valence-electron chi connectivity index (χ3n) is 11.2. The van der Waals surface area contributed by atoms with E-state index in [1.165, 1.54) is 55.7 Å². The molecule has 0 aliphatic heterocycles. The van der Waals surface area contributed by atoms with E-state index >= 15 is 0 Å². The van der Waals surface area contributed by atoms with Crippen molar-refractivity contribution < 1.29 is 0 Å². The molecule has 6 aromatic rings. The first-order chi connectivity index (χ1) is 27.7. The van der Waals surface area contributed by atoms with E-state index in [9.17, 15) is 0 Å². The van der Waals surface area contributed by atoms with Gasteiger partial charge in [0.1, 0.15) is 0 Å². The predicted octanol–water partition coefficient (Wildman–Crippen LogP) is 14.7. The van der Waals surface area contributed by atoms with Crippen LogP contribution in [0.5, 0.6) is 0 Å². The first kappa shape index (κ1) is 35.1. The number of benzene rings is 6. The molecular formula is C54H46N2. The lowest BCUT2D eigenvalue weighted by Gasteiger charge is -2.25. The van der Waals surface area contributed by atoms with Crippen molar-refractivity contribution in [3.63, 3.8) is 0 Å². The maximum absolute atomic E-state index is 3.88. The summed E-state index contributed by atoms with van der Waals surface area (Å²) in [5.74, 6) is 0.611. The van der Waals surface area contributed by atoms with Crippen molar-refractivity contribution in [3.05, 3.63) is 234 Å². The van der Waals surface area contributed by atoms with Gasteiger partial charge in [-0.15, -0.1) is 0 Å². The summed E-state index contributed by atoms with van der Waals surface area (Å²) in [5.41, 5.74) is 17.1. The molecule has 2 heteroatoms. The van der Waals surface area contributed by atoms with Gasteiger partial charge in [-0.1, -0.05) is 170 Å². The molecule has 0 aromatic heterocycles. The summed E-state index contributed by atoms with van der Waals surface area (Å²) >= 11 is 0. The second-order valence-electron chi connectivity index (χ2n) is 14.9. The molecular weight excluding hydrogens is 677 g/mol. The molecule has 0 saturated carbocycles. The number of rotatable bonds is 10. The molecule has 0 radical (unpaired) electrons. The van der Waals surface area contributed by atoms with Gasteiger partial charge in [-0.05, 0) is 112 Å². The second kappa shape index (κ2) is 16.4. The highest BCUT2D eigenvalue weighted by Crippen LogP contribution is 2.40. The molecule has 0 spiro atoms. The molecule has 272 valence electrons. The van der Waals surface area contributed by atoms with Crippen LogP contribution in [0.1, 0.15) is 59.8 Å². The molecule has 0 amide bonds. The highest BCUT2D eigenvalue weighted by molar-refractivity contribution is 5.84. The number of hydrogen-bond donors (Lipinski definition) is 2. The van der Waals surface area contributed by atoms with Crippen molar-refractivity contribution in [1.29, 1.82) is 0 Å². The number of allylic oxidation sites excluding steroid dienone is 11. The predicted molar refractivity (Wildman–Crippen MR) is 239 cm³/mol. The Bertz CT molecular complexity index is 2510. The summed E-state index contributed by atoms with van der Waals surface area (Å²) in [5, 5.41) is 7.64. The van der Waals surface area contributed by atoms with Crippen molar-refractivity contribution in [3.8, 4) is 22.3 Å². The van der Waals surface area contributed by atoms with Crippen LogP contribution in [0.2, 0.25) is 0 Å². The van der Waals surface area contributed by atoms with Crippen LogP contribution in [0.3, 0.4) is 0 Å². The molecule has 2 unspecified atom stereocenters. The monoisotopic (exact) mass is 722 g/mol. The minimum atomic E-state index is 0.241. The van der Waals surface area contributed by atoms with Gasteiger partial charge in [-0.25, -0.2) is 0 Å². The Kier molecular flexibility index (Phi) is 10.3. The van der Waals surface area contributed by atoms with Crippen molar-refractivity contribution in [2.75, 3.05) is 10.6 Å². The van der Waals surface area contributed by atoms with Crippen LogP contribution in [0.15, 0.2) is 212 Å².